The fourth-order valence-electron chi connectivity index (χ4n) is 3.39. The van der Waals surface area contributed by atoms with Gasteiger partial charge in [-0.3, -0.25) is 0 Å². The van der Waals surface area contributed by atoms with Crippen molar-refractivity contribution >= 4 is 33.5 Å². The molecule has 3 aromatic rings. The second kappa shape index (κ2) is 6.91. The highest BCUT2D eigenvalue weighted by molar-refractivity contribution is 7.15. The fourth-order valence-corrected chi connectivity index (χ4v) is 4.00. The topological polar surface area (TPSA) is 113 Å². The molecule has 0 spiro atoms. The van der Waals surface area contributed by atoms with Crippen molar-refractivity contribution in [3.63, 3.8) is 0 Å². The van der Waals surface area contributed by atoms with Gasteiger partial charge in [0.2, 0.25) is 5.13 Å². The van der Waals surface area contributed by atoms with Crippen LogP contribution in [0.5, 0.6) is 0 Å². The van der Waals surface area contributed by atoms with Gasteiger partial charge in [-0.2, -0.15) is 0 Å². The number of anilines is 1. The lowest BCUT2D eigenvalue weighted by atomic mass is 10.2. The van der Waals surface area contributed by atoms with Crippen LogP contribution >= 0.6 is 11.3 Å². The quantitative estimate of drug-likeness (QED) is 0.652. The van der Waals surface area contributed by atoms with Crippen LogP contribution in [0.3, 0.4) is 0 Å². The van der Waals surface area contributed by atoms with Gasteiger partial charge in [0.1, 0.15) is 10.8 Å². The molecule has 8 nitrogen and oxygen atoms in total. The molecule has 136 valence electrons. The van der Waals surface area contributed by atoms with Crippen molar-refractivity contribution in [3.05, 3.63) is 34.6 Å². The lowest BCUT2D eigenvalue weighted by Gasteiger charge is -2.23. The number of nitrogen functional groups attached to an aromatic ring is 1. The van der Waals surface area contributed by atoms with Crippen molar-refractivity contribution in [1.29, 1.82) is 0 Å². The maximum absolute atomic E-state index is 12.6. The Hall–Kier alpha value is -2.68. The molecule has 2 amide bonds. The summed E-state index contributed by atoms with van der Waals surface area (Å²) >= 11 is 1.35. The minimum Gasteiger partial charge on any atom is -0.374 e. The number of carbonyl (C=O) groups excluding carboxylic acids is 1. The Balaban J connectivity index is 1.43. The molecule has 1 aliphatic rings. The number of carbonyl (C=O) groups is 1. The molecule has 1 saturated heterocycles. The third kappa shape index (κ3) is 3.22. The number of hydrogen-bond donors (Lipinski definition) is 3. The van der Waals surface area contributed by atoms with E-state index < -0.39 is 0 Å². The zero-order valence-corrected chi connectivity index (χ0v) is 15.3. The van der Waals surface area contributed by atoms with E-state index in [1.165, 1.54) is 11.3 Å². The Morgan fingerprint density at radius 3 is 3.12 bits per heavy atom. The van der Waals surface area contributed by atoms with E-state index in [1.807, 2.05) is 30.0 Å². The highest BCUT2D eigenvalue weighted by Crippen LogP contribution is 2.31. The molecule has 0 bridgehead atoms. The van der Waals surface area contributed by atoms with Crippen molar-refractivity contribution < 1.29 is 4.79 Å². The first-order valence-electron chi connectivity index (χ1n) is 8.69. The molecular formula is C17H21N7OS. The zero-order valence-electron chi connectivity index (χ0n) is 14.5. The van der Waals surface area contributed by atoms with Crippen molar-refractivity contribution in [3.8, 4) is 0 Å². The van der Waals surface area contributed by atoms with Crippen LogP contribution in [0.25, 0.3) is 11.0 Å². The minimum atomic E-state index is -0.0674. The number of aromatic amines is 1. The standard InChI is InChI=1S/C17H21N7OS/c1-10-4-2-5-11-14(10)21-15(20-11)12-6-3-9-24(12)17(25)19-8-7-13-22-23-16(18)26-13/h2,4-5,12H,3,6-9H2,1H3,(H2,18,23)(H,19,25)(H,20,21). The first-order chi connectivity index (χ1) is 12.6. The smallest absolute Gasteiger partial charge is 0.318 e. The summed E-state index contributed by atoms with van der Waals surface area (Å²) in [5, 5.41) is 12.0. The average Bonchev–Trinajstić information content (AvgIpc) is 3.33. The van der Waals surface area contributed by atoms with E-state index in [0.29, 0.717) is 18.1 Å². The largest absolute Gasteiger partial charge is 0.374 e. The number of imidazole rings is 1. The first-order valence-corrected chi connectivity index (χ1v) is 9.51. The van der Waals surface area contributed by atoms with Gasteiger partial charge in [0.15, 0.2) is 0 Å². The molecule has 0 aliphatic carbocycles. The molecule has 3 heterocycles. The van der Waals surface area contributed by atoms with E-state index in [-0.39, 0.29) is 12.1 Å². The molecule has 1 unspecified atom stereocenters. The van der Waals surface area contributed by atoms with Crippen LogP contribution in [0.2, 0.25) is 0 Å². The second-order valence-electron chi connectivity index (χ2n) is 6.46. The highest BCUT2D eigenvalue weighted by atomic mass is 32.1. The maximum Gasteiger partial charge on any atom is 0.318 e. The Kier molecular flexibility index (Phi) is 4.46. The SMILES string of the molecule is Cc1cccc2[nH]c(C3CCCN3C(=O)NCCc3nnc(N)s3)nc12. The van der Waals surface area contributed by atoms with Gasteiger partial charge in [-0.1, -0.05) is 23.5 Å². The number of rotatable bonds is 4. The van der Waals surface area contributed by atoms with Gasteiger partial charge in [0.25, 0.3) is 0 Å². The number of aromatic nitrogens is 4. The molecule has 4 rings (SSSR count). The summed E-state index contributed by atoms with van der Waals surface area (Å²) in [5.74, 6) is 0.860. The van der Waals surface area contributed by atoms with Crippen molar-refractivity contribution in [1.82, 2.24) is 30.4 Å². The number of H-pyrrole nitrogens is 1. The lowest BCUT2D eigenvalue weighted by Crippen LogP contribution is -2.40. The number of nitrogens with zero attached hydrogens (tertiary/aromatic N) is 4. The van der Waals surface area contributed by atoms with Crippen molar-refractivity contribution in [2.24, 2.45) is 0 Å². The summed E-state index contributed by atoms with van der Waals surface area (Å²) in [5.41, 5.74) is 8.70. The number of hydrogen-bond acceptors (Lipinski definition) is 6. The van der Waals surface area contributed by atoms with Crippen LogP contribution in [-0.2, 0) is 6.42 Å². The van der Waals surface area contributed by atoms with Gasteiger partial charge >= 0.3 is 6.03 Å². The number of amides is 2. The molecule has 26 heavy (non-hydrogen) atoms. The molecule has 1 fully saturated rings. The van der Waals surface area contributed by atoms with E-state index >= 15 is 0 Å². The molecule has 1 atom stereocenters. The molecule has 4 N–H and O–H groups in total. The number of fused-ring (bicyclic) bond motifs is 1. The Bertz CT molecular complexity index is 934. The van der Waals surface area contributed by atoms with E-state index in [0.717, 1.165) is 46.8 Å². The van der Waals surface area contributed by atoms with Crippen molar-refractivity contribution in [2.75, 3.05) is 18.8 Å². The summed E-state index contributed by atoms with van der Waals surface area (Å²) in [6.45, 7) is 3.29. The second-order valence-corrected chi connectivity index (χ2v) is 7.55. The van der Waals surface area contributed by atoms with Crippen LogP contribution in [0, 0.1) is 6.92 Å². The third-order valence-corrected chi connectivity index (χ3v) is 5.47. The Morgan fingerprint density at radius 1 is 1.46 bits per heavy atom. The van der Waals surface area contributed by atoms with Crippen LogP contribution in [0.4, 0.5) is 9.93 Å². The number of nitrogens with one attached hydrogen (secondary N) is 2. The molecule has 9 heteroatoms. The van der Waals surface area contributed by atoms with Gasteiger partial charge in [-0.05, 0) is 31.4 Å². The molecule has 1 aromatic carbocycles. The van der Waals surface area contributed by atoms with Gasteiger partial charge in [-0.15, -0.1) is 10.2 Å². The van der Waals surface area contributed by atoms with Gasteiger partial charge < -0.3 is 20.9 Å². The van der Waals surface area contributed by atoms with Gasteiger partial charge in [0.05, 0.1) is 17.1 Å². The van der Waals surface area contributed by atoms with Crippen LogP contribution in [0.15, 0.2) is 18.2 Å². The number of benzene rings is 1. The summed E-state index contributed by atoms with van der Waals surface area (Å²) in [6, 6.07) is 6.00. The van der Waals surface area contributed by atoms with E-state index in [2.05, 4.69) is 20.5 Å². The number of aryl methyl sites for hydroxylation is 1. The molecule has 1 aliphatic heterocycles. The van der Waals surface area contributed by atoms with Crippen molar-refractivity contribution in [2.45, 2.75) is 32.2 Å². The van der Waals surface area contributed by atoms with Crippen LogP contribution in [-0.4, -0.2) is 44.2 Å². The molecular weight excluding hydrogens is 350 g/mol. The van der Waals surface area contributed by atoms with E-state index in [1.54, 1.807) is 0 Å². The summed E-state index contributed by atoms with van der Waals surface area (Å²) < 4.78 is 0. The molecule has 2 aromatic heterocycles. The van der Waals surface area contributed by atoms with Crippen LogP contribution < -0.4 is 11.1 Å². The van der Waals surface area contributed by atoms with Gasteiger partial charge in [0, 0.05) is 19.5 Å². The highest BCUT2D eigenvalue weighted by Gasteiger charge is 2.32. The summed E-state index contributed by atoms with van der Waals surface area (Å²) in [6.07, 6.45) is 2.52. The number of likely N-dealkylation sites (tertiary alicyclic amines) is 1. The Labute approximate surface area is 154 Å². The number of urea groups is 1. The monoisotopic (exact) mass is 371 g/mol. The van der Waals surface area contributed by atoms with Crippen LogP contribution in [0.1, 0.15) is 35.3 Å². The zero-order chi connectivity index (χ0) is 18.1. The minimum absolute atomic E-state index is 0.0148. The average molecular weight is 371 g/mol. The normalized spacial score (nSPS) is 17.1. The van der Waals surface area contributed by atoms with Gasteiger partial charge in [-0.25, -0.2) is 9.78 Å². The third-order valence-electron chi connectivity index (χ3n) is 4.66. The van der Waals surface area contributed by atoms with E-state index in [4.69, 9.17) is 10.7 Å². The molecule has 0 saturated carbocycles. The lowest BCUT2D eigenvalue weighted by molar-refractivity contribution is 0.191. The number of para-hydroxylation sites is 1. The predicted octanol–water partition coefficient (Wildman–Crippen LogP) is 2.39. The summed E-state index contributed by atoms with van der Waals surface area (Å²) in [7, 11) is 0. The predicted molar refractivity (Wildman–Crippen MR) is 101 cm³/mol. The number of nitrogens with two attached hydrogens (primary N) is 1. The maximum atomic E-state index is 12.6. The summed E-state index contributed by atoms with van der Waals surface area (Å²) in [4.78, 5) is 22.6. The van der Waals surface area contributed by atoms with E-state index in [9.17, 15) is 4.79 Å². The molecule has 0 radical (unpaired) electrons. The Morgan fingerprint density at radius 2 is 2.35 bits per heavy atom. The fraction of sp³-hybridized carbons (Fsp3) is 0.412. The first kappa shape index (κ1) is 16.8.